The molecule has 0 heterocycles. The fourth-order valence-electron chi connectivity index (χ4n) is 2.10. The summed E-state index contributed by atoms with van der Waals surface area (Å²) >= 11 is 0. The molecule has 0 atom stereocenters. The first-order valence-electron chi connectivity index (χ1n) is 6.87. The van der Waals surface area contributed by atoms with Gasteiger partial charge in [0.1, 0.15) is 0 Å². The summed E-state index contributed by atoms with van der Waals surface area (Å²) < 4.78 is 0. The molecule has 0 spiro atoms. The molecule has 2 aromatic rings. The normalized spacial score (nSPS) is 10.1. The van der Waals surface area contributed by atoms with E-state index in [0.29, 0.717) is 0 Å². The molecule has 3 heteroatoms. The van der Waals surface area contributed by atoms with E-state index in [4.69, 9.17) is 0 Å². The number of nitrogens with one attached hydrogen (secondary N) is 2. The van der Waals surface area contributed by atoms with Gasteiger partial charge >= 0.3 is 0 Å². The minimum Gasteiger partial charge on any atom is -0.376 e. The molecule has 2 aromatic carbocycles. The Bertz CT molecular complexity index is 593. The molecule has 0 aromatic heterocycles. The van der Waals surface area contributed by atoms with E-state index < -0.39 is 0 Å². The van der Waals surface area contributed by atoms with E-state index in [1.165, 1.54) is 5.56 Å². The average molecular weight is 268 g/mol. The Morgan fingerprint density at radius 1 is 1.10 bits per heavy atom. The highest BCUT2D eigenvalue weighted by Gasteiger charge is 2.04. The van der Waals surface area contributed by atoms with Crippen LogP contribution in [0.15, 0.2) is 48.5 Å². The van der Waals surface area contributed by atoms with Crippen LogP contribution in [-0.2, 0) is 11.2 Å². The van der Waals surface area contributed by atoms with Gasteiger partial charge in [-0.2, -0.15) is 0 Å². The number of carbonyl (C=O) groups is 1. The van der Waals surface area contributed by atoms with E-state index in [9.17, 15) is 4.79 Å². The second-order valence-corrected chi connectivity index (χ2v) is 4.78. The third kappa shape index (κ3) is 3.85. The summed E-state index contributed by atoms with van der Waals surface area (Å²) in [7, 11) is 0. The molecule has 0 bridgehead atoms. The lowest BCUT2D eigenvalue weighted by Gasteiger charge is -2.11. The molecule has 0 unspecified atom stereocenters. The van der Waals surface area contributed by atoms with Gasteiger partial charge in [0.25, 0.3) is 0 Å². The molecular formula is C17H20N2O. The molecule has 2 rings (SSSR count). The first kappa shape index (κ1) is 14.1. The van der Waals surface area contributed by atoms with Crippen LogP contribution < -0.4 is 10.6 Å². The highest BCUT2D eigenvalue weighted by Crippen LogP contribution is 2.15. The lowest BCUT2D eigenvalue weighted by Crippen LogP contribution is -2.22. The zero-order valence-electron chi connectivity index (χ0n) is 11.9. The Hall–Kier alpha value is -2.29. The van der Waals surface area contributed by atoms with Gasteiger partial charge in [-0.15, -0.1) is 0 Å². The molecule has 0 radical (unpaired) electrons. The summed E-state index contributed by atoms with van der Waals surface area (Å²) in [6, 6.07) is 15.8. The molecule has 0 aliphatic heterocycles. The van der Waals surface area contributed by atoms with Crippen molar-refractivity contribution in [1.29, 1.82) is 0 Å². The van der Waals surface area contributed by atoms with Crippen LogP contribution in [0, 0.1) is 6.92 Å². The standard InChI is InChI=1S/C17H20N2O/c1-3-14-8-4-5-10-16(14)18-12-17(20)19-15-9-6-7-13(2)11-15/h4-11,18H,3,12H2,1-2H3,(H,19,20). The Balaban J connectivity index is 1.92. The smallest absolute Gasteiger partial charge is 0.243 e. The van der Waals surface area contributed by atoms with E-state index in [-0.39, 0.29) is 12.5 Å². The van der Waals surface area contributed by atoms with Crippen molar-refractivity contribution in [3.63, 3.8) is 0 Å². The van der Waals surface area contributed by atoms with E-state index in [0.717, 1.165) is 23.4 Å². The van der Waals surface area contributed by atoms with Crippen molar-refractivity contribution in [1.82, 2.24) is 0 Å². The first-order valence-corrected chi connectivity index (χ1v) is 6.87. The summed E-state index contributed by atoms with van der Waals surface area (Å²) in [5, 5.41) is 6.08. The maximum Gasteiger partial charge on any atom is 0.243 e. The maximum atomic E-state index is 11.9. The number of aryl methyl sites for hydroxylation is 2. The highest BCUT2D eigenvalue weighted by molar-refractivity contribution is 5.93. The van der Waals surface area contributed by atoms with Crippen molar-refractivity contribution < 1.29 is 4.79 Å². The number of rotatable bonds is 5. The van der Waals surface area contributed by atoms with Crippen molar-refractivity contribution in [3.05, 3.63) is 59.7 Å². The fraction of sp³-hybridized carbons (Fsp3) is 0.235. The van der Waals surface area contributed by atoms with Gasteiger partial charge in [-0.1, -0.05) is 37.3 Å². The topological polar surface area (TPSA) is 41.1 Å². The molecule has 0 saturated carbocycles. The lowest BCUT2D eigenvalue weighted by molar-refractivity contribution is -0.114. The number of anilines is 2. The van der Waals surface area contributed by atoms with Crippen LogP contribution in [0.4, 0.5) is 11.4 Å². The van der Waals surface area contributed by atoms with E-state index in [1.807, 2.05) is 49.4 Å². The van der Waals surface area contributed by atoms with Gasteiger partial charge in [-0.3, -0.25) is 4.79 Å². The summed E-state index contributed by atoms with van der Waals surface area (Å²) in [6.45, 7) is 4.38. The van der Waals surface area contributed by atoms with Crippen LogP contribution in [0.3, 0.4) is 0 Å². The van der Waals surface area contributed by atoms with Crippen LogP contribution in [0.25, 0.3) is 0 Å². The lowest BCUT2D eigenvalue weighted by atomic mass is 10.1. The molecule has 1 amide bonds. The Morgan fingerprint density at radius 2 is 1.90 bits per heavy atom. The molecule has 20 heavy (non-hydrogen) atoms. The van der Waals surface area contributed by atoms with Gasteiger partial charge in [0.05, 0.1) is 6.54 Å². The Labute approximate surface area is 120 Å². The van der Waals surface area contributed by atoms with Gasteiger partial charge in [0.2, 0.25) is 5.91 Å². The quantitative estimate of drug-likeness (QED) is 0.869. The summed E-state index contributed by atoms with van der Waals surface area (Å²) in [5.74, 6) is -0.0403. The summed E-state index contributed by atoms with van der Waals surface area (Å²) in [4.78, 5) is 11.9. The second-order valence-electron chi connectivity index (χ2n) is 4.78. The van der Waals surface area contributed by atoms with Crippen molar-refractivity contribution >= 4 is 17.3 Å². The number of benzene rings is 2. The third-order valence-electron chi connectivity index (χ3n) is 3.14. The van der Waals surface area contributed by atoms with Crippen LogP contribution in [0.1, 0.15) is 18.1 Å². The van der Waals surface area contributed by atoms with Crippen LogP contribution in [0.2, 0.25) is 0 Å². The number of hydrogen-bond donors (Lipinski definition) is 2. The monoisotopic (exact) mass is 268 g/mol. The Kier molecular flexibility index (Phi) is 4.77. The minimum absolute atomic E-state index is 0.0403. The zero-order chi connectivity index (χ0) is 14.4. The SMILES string of the molecule is CCc1ccccc1NCC(=O)Nc1cccc(C)c1. The zero-order valence-corrected chi connectivity index (χ0v) is 11.9. The minimum atomic E-state index is -0.0403. The predicted molar refractivity (Wildman–Crippen MR) is 84.1 cm³/mol. The molecule has 104 valence electrons. The number of para-hydroxylation sites is 1. The van der Waals surface area contributed by atoms with Crippen molar-refractivity contribution in [2.24, 2.45) is 0 Å². The first-order chi connectivity index (χ1) is 9.69. The van der Waals surface area contributed by atoms with Crippen LogP contribution in [-0.4, -0.2) is 12.5 Å². The number of carbonyl (C=O) groups excluding carboxylic acids is 1. The maximum absolute atomic E-state index is 11.9. The number of amides is 1. The van der Waals surface area contributed by atoms with Crippen molar-refractivity contribution in [3.8, 4) is 0 Å². The van der Waals surface area contributed by atoms with Crippen molar-refractivity contribution in [2.75, 3.05) is 17.2 Å². The van der Waals surface area contributed by atoms with Gasteiger partial charge in [0.15, 0.2) is 0 Å². The predicted octanol–water partition coefficient (Wildman–Crippen LogP) is 3.61. The molecule has 0 aliphatic carbocycles. The fourth-order valence-corrected chi connectivity index (χ4v) is 2.10. The van der Waals surface area contributed by atoms with E-state index in [2.05, 4.69) is 23.6 Å². The molecule has 0 aliphatic rings. The molecule has 3 nitrogen and oxygen atoms in total. The highest BCUT2D eigenvalue weighted by atomic mass is 16.1. The molecule has 2 N–H and O–H groups in total. The summed E-state index contributed by atoms with van der Waals surface area (Å²) in [6.07, 6.45) is 0.947. The summed E-state index contributed by atoms with van der Waals surface area (Å²) in [5.41, 5.74) is 4.21. The van der Waals surface area contributed by atoms with E-state index in [1.54, 1.807) is 0 Å². The molecular weight excluding hydrogens is 248 g/mol. The van der Waals surface area contributed by atoms with Gasteiger partial charge in [-0.25, -0.2) is 0 Å². The molecule has 0 saturated heterocycles. The average Bonchev–Trinajstić information content (AvgIpc) is 2.45. The molecule has 0 fully saturated rings. The third-order valence-corrected chi connectivity index (χ3v) is 3.14. The van der Waals surface area contributed by atoms with Gasteiger partial charge < -0.3 is 10.6 Å². The number of hydrogen-bond acceptors (Lipinski definition) is 2. The Morgan fingerprint density at radius 3 is 2.65 bits per heavy atom. The van der Waals surface area contributed by atoms with E-state index >= 15 is 0 Å². The van der Waals surface area contributed by atoms with Gasteiger partial charge in [-0.05, 0) is 42.7 Å². The second kappa shape index (κ2) is 6.75. The van der Waals surface area contributed by atoms with Crippen molar-refractivity contribution in [2.45, 2.75) is 20.3 Å². The largest absolute Gasteiger partial charge is 0.376 e. The van der Waals surface area contributed by atoms with Crippen LogP contribution >= 0.6 is 0 Å². The van der Waals surface area contributed by atoms with Gasteiger partial charge in [0, 0.05) is 11.4 Å². The van der Waals surface area contributed by atoms with Crippen LogP contribution in [0.5, 0.6) is 0 Å².